The van der Waals surface area contributed by atoms with Crippen LogP contribution in [-0.4, -0.2) is 23.7 Å². The molecule has 0 unspecified atom stereocenters. The van der Waals surface area contributed by atoms with Crippen LogP contribution in [0, 0.1) is 0 Å². The lowest BCUT2D eigenvalue weighted by Gasteiger charge is -2.10. The lowest BCUT2D eigenvalue weighted by molar-refractivity contribution is 0.0956. The Balaban J connectivity index is 1.67. The van der Waals surface area contributed by atoms with Gasteiger partial charge in [0.25, 0.3) is 5.91 Å². The van der Waals surface area contributed by atoms with Gasteiger partial charge < -0.3 is 4.74 Å². The molecule has 5 nitrogen and oxygen atoms in total. The number of hydrogen-bond donors (Lipinski definition) is 1. The summed E-state index contributed by atoms with van der Waals surface area (Å²) in [6.07, 6.45) is 0. The number of carbonyl (C=O) groups excluding carboxylic acids is 1. The first-order chi connectivity index (χ1) is 15.0. The summed E-state index contributed by atoms with van der Waals surface area (Å²) in [5.41, 5.74) is 7.06. The molecule has 0 atom stereocenters. The Kier molecular flexibility index (Phi) is 5.96. The summed E-state index contributed by atoms with van der Waals surface area (Å²) in [6.45, 7) is 1.84. The predicted octanol–water partition coefficient (Wildman–Crippen LogP) is 5.72. The summed E-state index contributed by atoms with van der Waals surface area (Å²) in [6, 6.07) is 24.2. The van der Waals surface area contributed by atoms with Crippen LogP contribution in [-0.2, 0) is 0 Å². The van der Waals surface area contributed by atoms with Crippen molar-refractivity contribution in [2.24, 2.45) is 5.10 Å². The molecule has 1 N–H and O–H groups in total. The van der Waals surface area contributed by atoms with E-state index in [0.717, 1.165) is 27.8 Å². The molecule has 1 heterocycles. The molecule has 0 spiro atoms. The van der Waals surface area contributed by atoms with Crippen LogP contribution in [0.1, 0.15) is 22.8 Å². The van der Waals surface area contributed by atoms with Crippen LogP contribution in [0.25, 0.3) is 22.2 Å². The molecule has 4 aromatic rings. The molecule has 1 aromatic heterocycles. The molecule has 0 radical (unpaired) electrons. The smallest absolute Gasteiger partial charge is 0.272 e. The molecule has 0 bridgehead atoms. The second kappa shape index (κ2) is 8.98. The normalized spacial score (nSPS) is 11.4. The van der Waals surface area contributed by atoms with Crippen molar-refractivity contribution >= 4 is 34.1 Å². The number of aromatic nitrogens is 1. The van der Waals surface area contributed by atoms with Gasteiger partial charge in [0.1, 0.15) is 5.75 Å². The summed E-state index contributed by atoms with van der Waals surface area (Å²) >= 11 is 6.01. The van der Waals surface area contributed by atoms with E-state index in [4.69, 9.17) is 21.3 Å². The van der Waals surface area contributed by atoms with Gasteiger partial charge in [-0.15, -0.1) is 0 Å². The Morgan fingerprint density at radius 1 is 1.00 bits per heavy atom. The minimum atomic E-state index is -0.304. The summed E-state index contributed by atoms with van der Waals surface area (Å²) in [4.78, 5) is 17.8. The molecular formula is C25H20ClN3O2. The number of benzene rings is 3. The van der Waals surface area contributed by atoms with E-state index in [2.05, 4.69) is 10.5 Å². The van der Waals surface area contributed by atoms with Crippen LogP contribution < -0.4 is 10.2 Å². The molecular weight excluding hydrogens is 410 g/mol. The minimum absolute atomic E-state index is 0.304. The number of nitrogens with zero attached hydrogens (tertiary/aromatic N) is 2. The highest BCUT2D eigenvalue weighted by atomic mass is 35.5. The number of para-hydroxylation sites is 1. The lowest BCUT2D eigenvalue weighted by Crippen LogP contribution is -2.20. The van der Waals surface area contributed by atoms with Crippen molar-refractivity contribution in [3.8, 4) is 17.0 Å². The molecule has 4 rings (SSSR count). The van der Waals surface area contributed by atoms with Gasteiger partial charge in [0.2, 0.25) is 0 Å². The van der Waals surface area contributed by atoms with Crippen LogP contribution in [0.4, 0.5) is 0 Å². The highest BCUT2D eigenvalue weighted by molar-refractivity contribution is 6.30. The number of carbonyl (C=O) groups is 1. The Morgan fingerprint density at radius 3 is 2.42 bits per heavy atom. The molecule has 1 amide bonds. The van der Waals surface area contributed by atoms with E-state index in [-0.39, 0.29) is 5.91 Å². The fourth-order valence-corrected chi connectivity index (χ4v) is 3.35. The SMILES string of the molecule is COc1ccc(/C(C)=N\NC(=O)c2cc(-c3ccc(Cl)cc3)nc3ccccc23)cc1. The van der Waals surface area contributed by atoms with Gasteiger partial charge in [-0.25, -0.2) is 10.4 Å². The Labute approximate surface area is 185 Å². The molecule has 0 aliphatic carbocycles. The first kappa shape index (κ1) is 20.6. The second-order valence-corrected chi connectivity index (χ2v) is 7.38. The van der Waals surface area contributed by atoms with E-state index in [9.17, 15) is 4.79 Å². The molecule has 3 aromatic carbocycles. The van der Waals surface area contributed by atoms with E-state index in [1.807, 2.05) is 67.6 Å². The second-order valence-electron chi connectivity index (χ2n) is 6.95. The number of amides is 1. The molecule has 0 saturated heterocycles. The number of halogens is 1. The Morgan fingerprint density at radius 2 is 1.71 bits per heavy atom. The van der Waals surface area contributed by atoms with E-state index < -0.39 is 0 Å². The topological polar surface area (TPSA) is 63.6 Å². The number of fused-ring (bicyclic) bond motifs is 1. The molecule has 0 fully saturated rings. The third-order valence-corrected chi connectivity index (χ3v) is 5.19. The van der Waals surface area contributed by atoms with Gasteiger partial charge in [-0.2, -0.15) is 5.10 Å². The first-order valence-electron chi connectivity index (χ1n) is 9.70. The molecule has 0 aliphatic heterocycles. The van der Waals surface area contributed by atoms with Crippen LogP contribution in [0.3, 0.4) is 0 Å². The zero-order valence-corrected chi connectivity index (χ0v) is 17.9. The van der Waals surface area contributed by atoms with E-state index in [1.165, 1.54) is 0 Å². The van der Waals surface area contributed by atoms with Crippen LogP contribution >= 0.6 is 11.6 Å². The van der Waals surface area contributed by atoms with Gasteiger partial charge in [0, 0.05) is 16.0 Å². The van der Waals surface area contributed by atoms with Gasteiger partial charge in [0.15, 0.2) is 0 Å². The number of pyridine rings is 1. The van der Waals surface area contributed by atoms with E-state index >= 15 is 0 Å². The number of hydrazone groups is 1. The van der Waals surface area contributed by atoms with Crippen LogP contribution in [0.15, 0.2) is 84.0 Å². The number of ether oxygens (including phenoxy) is 1. The maximum absolute atomic E-state index is 13.0. The van der Waals surface area contributed by atoms with Gasteiger partial charge in [-0.3, -0.25) is 4.79 Å². The minimum Gasteiger partial charge on any atom is -0.497 e. The molecule has 154 valence electrons. The summed E-state index contributed by atoms with van der Waals surface area (Å²) in [7, 11) is 1.62. The zero-order chi connectivity index (χ0) is 21.8. The molecule has 0 aliphatic rings. The predicted molar refractivity (Wildman–Crippen MR) is 125 cm³/mol. The van der Waals surface area contributed by atoms with E-state index in [0.29, 0.717) is 22.0 Å². The van der Waals surface area contributed by atoms with Crippen LogP contribution in [0.5, 0.6) is 5.75 Å². The average molecular weight is 430 g/mol. The Bertz CT molecular complexity index is 1270. The van der Waals surface area contributed by atoms with Crippen molar-refractivity contribution in [3.05, 3.63) is 95.0 Å². The highest BCUT2D eigenvalue weighted by Gasteiger charge is 2.14. The third-order valence-electron chi connectivity index (χ3n) is 4.93. The maximum Gasteiger partial charge on any atom is 0.272 e. The van der Waals surface area contributed by atoms with Crippen LogP contribution in [0.2, 0.25) is 5.02 Å². The lowest BCUT2D eigenvalue weighted by atomic mass is 10.0. The number of rotatable bonds is 5. The zero-order valence-electron chi connectivity index (χ0n) is 17.1. The number of nitrogens with one attached hydrogen (secondary N) is 1. The van der Waals surface area contributed by atoms with Crippen molar-refractivity contribution in [1.29, 1.82) is 0 Å². The van der Waals surface area contributed by atoms with Crippen molar-refractivity contribution in [2.45, 2.75) is 6.92 Å². The largest absolute Gasteiger partial charge is 0.497 e. The van der Waals surface area contributed by atoms with Crippen molar-refractivity contribution in [2.75, 3.05) is 7.11 Å². The van der Waals surface area contributed by atoms with Crippen molar-refractivity contribution in [3.63, 3.8) is 0 Å². The summed E-state index contributed by atoms with van der Waals surface area (Å²) in [5.74, 6) is 0.459. The highest BCUT2D eigenvalue weighted by Crippen LogP contribution is 2.26. The molecule has 0 saturated carbocycles. The van der Waals surface area contributed by atoms with Crippen molar-refractivity contribution < 1.29 is 9.53 Å². The molecule has 31 heavy (non-hydrogen) atoms. The number of methoxy groups -OCH3 is 1. The van der Waals surface area contributed by atoms with Gasteiger partial charge in [-0.05, 0) is 61.0 Å². The van der Waals surface area contributed by atoms with Gasteiger partial charge >= 0.3 is 0 Å². The van der Waals surface area contributed by atoms with Gasteiger partial charge in [-0.1, -0.05) is 41.9 Å². The monoisotopic (exact) mass is 429 g/mol. The maximum atomic E-state index is 13.0. The quantitative estimate of drug-likeness (QED) is 0.326. The summed E-state index contributed by atoms with van der Waals surface area (Å²) in [5, 5.41) is 5.69. The van der Waals surface area contributed by atoms with Gasteiger partial charge in [0.05, 0.1) is 29.6 Å². The average Bonchev–Trinajstić information content (AvgIpc) is 2.82. The number of hydrogen-bond acceptors (Lipinski definition) is 4. The first-order valence-corrected chi connectivity index (χ1v) is 10.1. The standard InChI is InChI=1S/C25H20ClN3O2/c1-16(17-9-13-20(31-2)14-10-17)28-29-25(30)22-15-24(18-7-11-19(26)12-8-18)27-23-6-4-3-5-21(22)23/h3-15H,1-2H3,(H,29,30)/b28-16-. The Hall–Kier alpha value is -3.70. The van der Waals surface area contributed by atoms with E-state index in [1.54, 1.807) is 25.3 Å². The fraction of sp³-hybridized carbons (Fsp3) is 0.0800. The van der Waals surface area contributed by atoms with Crippen molar-refractivity contribution in [1.82, 2.24) is 10.4 Å². The fourth-order valence-electron chi connectivity index (χ4n) is 3.22. The third kappa shape index (κ3) is 4.57. The molecule has 6 heteroatoms. The summed E-state index contributed by atoms with van der Waals surface area (Å²) < 4.78 is 5.18.